The van der Waals surface area contributed by atoms with Crippen LogP contribution in [-0.2, 0) is 11.2 Å². The maximum absolute atomic E-state index is 11.3. The van der Waals surface area contributed by atoms with Gasteiger partial charge in [0, 0.05) is 12.8 Å². The summed E-state index contributed by atoms with van der Waals surface area (Å²) in [5.74, 6) is -0.746. The first-order chi connectivity index (χ1) is 7.97. The molecular formula is C14H18O3. The molecule has 1 rings (SSSR count). The smallest absolute Gasteiger partial charge is 0.336 e. The van der Waals surface area contributed by atoms with E-state index in [2.05, 4.69) is 0 Å². The van der Waals surface area contributed by atoms with Crippen LogP contribution in [0.3, 0.4) is 0 Å². The average Bonchev–Trinajstić information content (AvgIpc) is 2.29. The fraction of sp³-hybridized carbons (Fsp3) is 0.429. The van der Waals surface area contributed by atoms with Crippen LogP contribution in [0.15, 0.2) is 12.1 Å². The highest BCUT2D eigenvalue weighted by Crippen LogP contribution is 2.20. The second kappa shape index (κ2) is 5.62. The summed E-state index contributed by atoms with van der Waals surface area (Å²) in [6, 6.07) is 3.72. The van der Waals surface area contributed by atoms with Crippen molar-refractivity contribution in [1.82, 2.24) is 0 Å². The van der Waals surface area contributed by atoms with Gasteiger partial charge in [-0.1, -0.05) is 19.1 Å². The highest BCUT2D eigenvalue weighted by atomic mass is 16.4. The van der Waals surface area contributed by atoms with Gasteiger partial charge in [-0.25, -0.2) is 4.79 Å². The van der Waals surface area contributed by atoms with Crippen LogP contribution < -0.4 is 0 Å². The van der Waals surface area contributed by atoms with E-state index in [0.717, 1.165) is 16.7 Å². The number of benzene rings is 1. The lowest BCUT2D eigenvalue weighted by molar-refractivity contribution is -0.118. The maximum atomic E-state index is 11.3. The molecule has 0 heterocycles. The van der Waals surface area contributed by atoms with Crippen LogP contribution in [0.4, 0.5) is 0 Å². The number of hydrogen-bond donors (Lipinski definition) is 1. The van der Waals surface area contributed by atoms with Crippen molar-refractivity contribution in [2.75, 3.05) is 0 Å². The van der Waals surface area contributed by atoms with Gasteiger partial charge in [0.25, 0.3) is 0 Å². The van der Waals surface area contributed by atoms with E-state index in [1.54, 1.807) is 0 Å². The third-order valence-corrected chi connectivity index (χ3v) is 3.10. The predicted octanol–water partition coefficient (Wildman–Crippen LogP) is 2.91. The zero-order valence-corrected chi connectivity index (χ0v) is 10.5. The molecule has 1 aromatic carbocycles. The molecule has 0 fully saturated rings. The third kappa shape index (κ3) is 3.16. The first kappa shape index (κ1) is 13.4. The molecule has 0 aliphatic rings. The number of carbonyl (C=O) groups excluding carboxylic acids is 1. The number of carboxylic acid groups (broad SMARTS) is 1. The molecule has 0 bridgehead atoms. The van der Waals surface area contributed by atoms with Crippen molar-refractivity contribution in [2.45, 2.75) is 40.0 Å². The van der Waals surface area contributed by atoms with E-state index in [9.17, 15) is 14.7 Å². The quantitative estimate of drug-likeness (QED) is 0.852. The molecule has 0 aliphatic heterocycles. The van der Waals surface area contributed by atoms with Gasteiger partial charge in [-0.3, -0.25) is 4.79 Å². The summed E-state index contributed by atoms with van der Waals surface area (Å²) >= 11 is 0. The molecule has 0 saturated heterocycles. The van der Waals surface area contributed by atoms with Crippen molar-refractivity contribution in [3.8, 4) is 0 Å². The van der Waals surface area contributed by atoms with E-state index < -0.39 is 5.97 Å². The minimum absolute atomic E-state index is 0.166. The van der Waals surface area contributed by atoms with Gasteiger partial charge >= 0.3 is 5.97 Å². The maximum Gasteiger partial charge on any atom is 0.336 e. The average molecular weight is 234 g/mol. The van der Waals surface area contributed by atoms with Crippen molar-refractivity contribution >= 4 is 11.8 Å². The van der Waals surface area contributed by atoms with Crippen molar-refractivity contribution in [1.29, 1.82) is 0 Å². The topological polar surface area (TPSA) is 54.4 Å². The Morgan fingerprint density at radius 1 is 1.24 bits per heavy atom. The number of rotatable bonds is 5. The number of Topliss-reactive ketones (excluding diaryl/α,β-unsaturated/α-hetero) is 1. The molecule has 0 amide bonds. The Bertz CT molecular complexity index is 447. The second-order valence-corrected chi connectivity index (χ2v) is 4.24. The summed E-state index contributed by atoms with van der Waals surface area (Å²) in [6.45, 7) is 5.52. The summed E-state index contributed by atoms with van der Waals surface area (Å²) in [4.78, 5) is 22.5. The van der Waals surface area contributed by atoms with Crippen molar-refractivity contribution < 1.29 is 14.7 Å². The summed E-state index contributed by atoms with van der Waals surface area (Å²) in [6.07, 6.45) is 1.43. The molecule has 0 radical (unpaired) electrons. The van der Waals surface area contributed by atoms with Gasteiger partial charge in [0.05, 0.1) is 5.56 Å². The number of aryl methyl sites for hydroxylation is 2. The van der Waals surface area contributed by atoms with Crippen LogP contribution in [0.2, 0.25) is 0 Å². The molecule has 17 heavy (non-hydrogen) atoms. The second-order valence-electron chi connectivity index (χ2n) is 4.24. The number of carboxylic acids is 1. The molecule has 0 unspecified atom stereocenters. The Hall–Kier alpha value is -1.64. The highest BCUT2D eigenvalue weighted by molar-refractivity contribution is 5.91. The lowest BCUT2D eigenvalue weighted by atomic mass is 9.94. The minimum Gasteiger partial charge on any atom is -0.478 e. The lowest BCUT2D eigenvalue weighted by Gasteiger charge is -2.10. The fourth-order valence-electron chi connectivity index (χ4n) is 1.83. The number of ketones is 1. The molecular weight excluding hydrogens is 216 g/mol. The van der Waals surface area contributed by atoms with Gasteiger partial charge in [-0.05, 0) is 37.0 Å². The van der Waals surface area contributed by atoms with Gasteiger partial charge < -0.3 is 5.11 Å². The Morgan fingerprint density at radius 2 is 1.88 bits per heavy atom. The molecule has 0 saturated carbocycles. The van der Waals surface area contributed by atoms with Crippen LogP contribution in [0.25, 0.3) is 0 Å². The van der Waals surface area contributed by atoms with Gasteiger partial charge in [-0.15, -0.1) is 0 Å². The van der Waals surface area contributed by atoms with Crippen LogP contribution in [0, 0.1) is 13.8 Å². The van der Waals surface area contributed by atoms with E-state index in [0.29, 0.717) is 24.8 Å². The van der Waals surface area contributed by atoms with Crippen molar-refractivity contribution in [3.05, 3.63) is 34.4 Å². The van der Waals surface area contributed by atoms with Gasteiger partial charge in [0.1, 0.15) is 5.78 Å². The number of carbonyl (C=O) groups is 2. The molecule has 0 atom stereocenters. The summed E-state index contributed by atoms with van der Waals surface area (Å²) in [5, 5.41) is 9.21. The molecule has 1 aromatic rings. The minimum atomic E-state index is -0.912. The van der Waals surface area contributed by atoms with Gasteiger partial charge in [0.15, 0.2) is 0 Å². The fourth-order valence-corrected chi connectivity index (χ4v) is 1.83. The summed E-state index contributed by atoms with van der Waals surface area (Å²) in [7, 11) is 0. The highest BCUT2D eigenvalue weighted by Gasteiger charge is 2.15. The van der Waals surface area contributed by atoms with Crippen LogP contribution in [0.1, 0.15) is 46.8 Å². The zero-order chi connectivity index (χ0) is 13.0. The number of aromatic carboxylic acids is 1. The Balaban J connectivity index is 3.03. The molecule has 0 aromatic heterocycles. The van der Waals surface area contributed by atoms with E-state index >= 15 is 0 Å². The summed E-state index contributed by atoms with van der Waals surface area (Å²) in [5.41, 5.74) is 2.86. The standard InChI is InChI=1S/C14H18O3/c1-4-12(15)8-7-11-6-5-9(2)10(3)13(11)14(16)17/h5-6H,4,7-8H2,1-3H3,(H,16,17). The Labute approximate surface area is 101 Å². The first-order valence-electron chi connectivity index (χ1n) is 5.81. The van der Waals surface area contributed by atoms with Crippen LogP contribution in [-0.4, -0.2) is 16.9 Å². The largest absolute Gasteiger partial charge is 0.478 e. The zero-order valence-electron chi connectivity index (χ0n) is 10.5. The van der Waals surface area contributed by atoms with Crippen molar-refractivity contribution in [3.63, 3.8) is 0 Å². The Morgan fingerprint density at radius 3 is 2.41 bits per heavy atom. The predicted molar refractivity (Wildman–Crippen MR) is 66.5 cm³/mol. The van der Waals surface area contributed by atoms with E-state index in [4.69, 9.17) is 0 Å². The van der Waals surface area contributed by atoms with E-state index in [1.807, 2.05) is 32.9 Å². The van der Waals surface area contributed by atoms with Gasteiger partial charge in [-0.2, -0.15) is 0 Å². The third-order valence-electron chi connectivity index (χ3n) is 3.10. The van der Waals surface area contributed by atoms with E-state index in [1.165, 1.54) is 0 Å². The van der Waals surface area contributed by atoms with Gasteiger partial charge in [0.2, 0.25) is 0 Å². The van der Waals surface area contributed by atoms with Crippen LogP contribution in [0.5, 0.6) is 0 Å². The molecule has 0 spiro atoms. The molecule has 1 N–H and O–H groups in total. The molecule has 3 nitrogen and oxygen atoms in total. The SMILES string of the molecule is CCC(=O)CCc1ccc(C)c(C)c1C(=O)O. The normalized spacial score (nSPS) is 10.3. The Kier molecular flexibility index (Phi) is 4.44. The van der Waals surface area contributed by atoms with Crippen LogP contribution >= 0.6 is 0 Å². The monoisotopic (exact) mass is 234 g/mol. The first-order valence-corrected chi connectivity index (χ1v) is 5.81. The molecule has 92 valence electrons. The summed E-state index contributed by atoms with van der Waals surface area (Å²) < 4.78 is 0. The van der Waals surface area contributed by atoms with E-state index in [-0.39, 0.29) is 5.78 Å². The van der Waals surface area contributed by atoms with Crippen molar-refractivity contribution in [2.24, 2.45) is 0 Å². The number of hydrogen-bond acceptors (Lipinski definition) is 2. The molecule has 0 aliphatic carbocycles. The lowest BCUT2D eigenvalue weighted by Crippen LogP contribution is -2.08. The molecule has 3 heteroatoms.